The minimum atomic E-state index is -0.707. The predicted molar refractivity (Wildman–Crippen MR) is 25.8 cm³/mol. The van der Waals surface area contributed by atoms with E-state index in [1.54, 1.807) is 0 Å². The highest BCUT2D eigenvalue weighted by atomic mass is 32.2. The molecule has 0 bridgehead atoms. The molecule has 1 amide bonds. The van der Waals surface area contributed by atoms with Gasteiger partial charge in [-0.2, -0.15) is 0 Å². The molecule has 1 aliphatic rings. The molecule has 0 saturated heterocycles. The lowest BCUT2D eigenvalue weighted by molar-refractivity contribution is -0.130. The molecule has 0 atom stereocenters. The third-order valence-electron chi connectivity index (χ3n) is 0.548. The van der Waals surface area contributed by atoms with Crippen LogP contribution in [0.25, 0.3) is 0 Å². The number of hydrogen-bond donors (Lipinski definition) is 0. The van der Waals surface area contributed by atoms with E-state index in [9.17, 15) is 9.28 Å². The van der Waals surface area contributed by atoms with Crippen molar-refractivity contribution in [3.63, 3.8) is 0 Å². The Hall–Kier alpha value is -0.710. The van der Waals surface area contributed by atoms with Crippen LogP contribution < -0.4 is 0 Å². The lowest BCUT2D eigenvalue weighted by atomic mass is 10.6. The first kappa shape index (κ1) is 5.43. The number of carbonyl (C=O) groups excluding carboxylic acids is 1. The lowest BCUT2D eigenvalue weighted by Gasteiger charge is -2.08. The van der Waals surface area contributed by atoms with Crippen LogP contribution >= 0.6 is 12.2 Å². The van der Waals surface area contributed by atoms with Gasteiger partial charge in [-0.3, -0.25) is 4.79 Å². The normalized spacial score (nSPS) is 18.6. The van der Waals surface area contributed by atoms with Crippen molar-refractivity contribution in [1.29, 1.82) is 0 Å². The Morgan fingerprint density at radius 2 is 2.62 bits per heavy atom. The second kappa shape index (κ2) is 2.04. The molecule has 0 aromatic rings. The van der Waals surface area contributed by atoms with E-state index in [0.717, 1.165) is 12.3 Å². The molecule has 0 unspecified atom stereocenters. The quantitative estimate of drug-likeness (QED) is 0.279. The third-order valence-corrected chi connectivity index (χ3v) is 1.06. The van der Waals surface area contributed by atoms with Crippen LogP contribution in [0.4, 0.5) is 4.48 Å². The van der Waals surface area contributed by atoms with E-state index in [-0.39, 0.29) is 4.53 Å². The number of nitrogens with zero attached hydrogens (tertiary/aromatic N) is 1. The zero-order valence-corrected chi connectivity index (χ0v) is 4.52. The van der Waals surface area contributed by atoms with Crippen LogP contribution in [0.3, 0.4) is 0 Å². The maximum Gasteiger partial charge on any atom is 0.291 e. The van der Waals surface area contributed by atoms with Crippen LogP contribution in [0.15, 0.2) is 12.3 Å². The molecule has 3 nitrogen and oxygen atoms in total. The highest BCUT2D eigenvalue weighted by molar-refractivity contribution is 7.92. The van der Waals surface area contributed by atoms with Gasteiger partial charge in [0.25, 0.3) is 5.91 Å². The van der Waals surface area contributed by atoms with Crippen molar-refractivity contribution in [3.05, 3.63) is 12.3 Å². The number of amides is 1. The summed E-state index contributed by atoms with van der Waals surface area (Å²) in [5, 5.41) is 0. The fraction of sp³-hybridized carbons (Fsp3) is 0. The predicted octanol–water partition coefficient (Wildman–Crippen LogP) is 0.807. The summed E-state index contributed by atoms with van der Waals surface area (Å²) in [5.41, 5.74) is 0. The Balaban J connectivity index is 2.60. The van der Waals surface area contributed by atoms with Gasteiger partial charge in [-0.25, -0.2) is 0 Å². The van der Waals surface area contributed by atoms with E-state index in [2.05, 4.69) is 4.18 Å². The molecule has 1 rings (SSSR count). The minimum Gasteiger partial charge on any atom is -0.411 e. The van der Waals surface area contributed by atoms with E-state index in [1.165, 1.54) is 0 Å². The van der Waals surface area contributed by atoms with Gasteiger partial charge in [-0.15, -0.1) is 0 Å². The number of rotatable bonds is 0. The summed E-state index contributed by atoms with van der Waals surface area (Å²) in [6.45, 7) is 0. The lowest BCUT2D eigenvalue weighted by Crippen LogP contribution is -2.14. The maximum atomic E-state index is 11.8. The monoisotopic (exact) mass is 135 g/mol. The fourth-order valence-electron chi connectivity index (χ4n) is 0.244. The molecule has 0 aromatic carbocycles. The summed E-state index contributed by atoms with van der Waals surface area (Å²) in [7, 11) is 0. The molecule has 5 heteroatoms. The maximum absolute atomic E-state index is 11.8. The average molecular weight is 135 g/mol. The number of carbonyl (C=O) groups is 1. The fourth-order valence-corrected chi connectivity index (χ4v) is 0.559. The van der Waals surface area contributed by atoms with E-state index < -0.39 is 5.91 Å². The Kier molecular flexibility index (Phi) is 1.38. The molecule has 1 heterocycles. The summed E-state index contributed by atoms with van der Waals surface area (Å²) in [6.07, 6.45) is 2.12. The van der Waals surface area contributed by atoms with Crippen molar-refractivity contribution in [2.75, 3.05) is 0 Å². The van der Waals surface area contributed by atoms with E-state index in [1.807, 2.05) is 0 Å². The van der Waals surface area contributed by atoms with Gasteiger partial charge in [0.15, 0.2) is 0 Å². The van der Waals surface area contributed by atoms with Crippen molar-refractivity contribution in [3.8, 4) is 0 Å². The van der Waals surface area contributed by atoms with Crippen molar-refractivity contribution < 1.29 is 13.5 Å². The topological polar surface area (TPSA) is 29.5 Å². The van der Waals surface area contributed by atoms with Crippen LogP contribution in [0, 0.1) is 0 Å². The van der Waals surface area contributed by atoms with Crippen LogP contribution in [0.5, 0.6) is 0 Å². The standard InChI is InChI=1S/C3H2FNO2S/c4-5-3(6)1-2-7-8-5/h1-2H. The van der Waals surface area contributed by atoms with Gasteiger partial charge in [-0.05, 0) is 0 Å². The largest absolute Gasteiger partial charge is 0.411 e. The highest BCUT2D eigenvalue weighted by Gasteiger charge is 2.14. The summed E-state index contributed by atoms with van der Waals surface area (Å²) in [4.78, 5) is 10.2. The smallest absolute Gasteiger partial charge is 0.291 e. The summed E-state index contributed by atoms with van der Waals surface area (Å²) < 4.78 is 16.1. The molecular formula is C3H2FNO2S. The molecule has 0 saturated carbocycles. The molecule has 0 spiro atoms. The third kappa shape index (κ3) is 0.919. The van der Waals surface area contributed by atoms with Crippen LogP contribution in [-0.2, 0) is 8.98 Å². The summed E-state index contributed by atoms with van der Waals surface area (Å²) in [6, 6.07) is 0. The van der Waals surface area contributed by atoms with Gasteiger partial charge in [0.2, 0.25) is 12.2 Å². The molecule has 8 heavy (non-hydrogen) atoms. The molecule has 0 N–H and O–H groups in total. The van der Waals surface area contributed by atoms with E-state index >= 15 is 0 Å². The van der Waals surface area contributed by atoms with Gasteiger partial charge in [0.1, 0.15) is 6.26 Å². The van der Waals surface area contributed by atoms with Gasteiger partial charge in [0, 0.05) is 6.08 Å². The van der Waals surface area contributed by atoms with Crippen molar-refractivity contribution >= 4 is 18.1 Å². The van der Waals surface area contributed by atoms with Gasteiger partial charge >= 0.3 is 0 Å². The molecule has 0 fully saturated rings. The Bertz CT molecular complexity index is 137. The van der Waals surface area contributed by atoms with Crippen LogP contribution in [-0.4, -0.2) is 10.4 Å². The minimum absolute atomic E-state index is 0.0972. The van der Waals surface area contributed by atoms with Gasteiger partial charge in [0.05, 0.1) is 0 Å². The second-order valence-electron chi connectivity index (χ2n) is 1.06. The second-order valence-corrected chi connectivity index (χ2v) is 1.72. The van der Waals surface area contributed by atoms with Crippen molar-refractivity contribution in [1.82, 2.24) is 4.53 Å². The van der Waals surface area contributed by atoms with Crippen molar-refractivity contribution in [2.24, 2.45) is 0 Å². The first-order valence-electron chi connectivity index (χ1n) is 1.80. The SMILES string of the molecule is O=C1C=COSN1F. The number of halogens is 1. The zero-order chi connectivity index (χ0) is 5.98. The van der Waals surface area contributed by atoms with Crippen LogP contribution in [0.2, 0.25) is 0 Å². The first-order chi connectivity index (χ1) is 3.80. The molecule has 0 radical (unpaired) electrons. The molecule has 0 aromatic heterocycles. The van der Waals surface area contributed by atoms with E-state index in [0.29, 0.717) is 12.2 Å². The average Bonchev–Trinajstić information content (AvgIpc) is 1.77. The highest BCUT2D eigenvalue weighted by Crippen LogP contribution is 2.16. The Morgan fingerprint density at radius 3 is 3.00 bits per heavy atom. The summed E-state index contributed by atoms with van der Waals surface area (Å²) >= 11 is 0.356. The molecule has 44 valence electrons. The summed E-state index contributed by atoms with van der Waals surface area (Å²) in [5.74, 6) is -0.707. The van der Waals surface area contributed by atoms with E-state index in [4.69, 9.17) is 0 Å². The van der Waals surface area contributed by atoms with Crippen LogP contribution in [0.1, 0.15) is 0 Å². The van der Waals surface area contributed by atoms with Gasteiger partial charge < -0.3 is 4.18 Å². The zero-order valence-electron chi connectivity index (χ0n) is 3.70. The number of hydrogen-bond acceptors (Lipinski definition) is 3. The Morgan fingerprint density at radius 1 is 1.88 bits per heavy atom. The molecule has 0 aliphatic carbocycles. The Labute approximate surface area is 49.4 Å². The molecular weight excluding hydrogens is 133 g/mol. The van der Waals surface area contributed by atoms with Crippen molar-refractivity contribution in [2.45, 2.75) is 0 Å². The molecule has 1 aliphatic heterocycles. The van der Waals surface area contributed by atoms with Gasteiger partial charge in [-0.1, -0.05) is 9.01 Å². The first-order valence-corrected chi connectivity index (χ1v) is 2.50.